The Morgan fingerprint density at radius 3 is 2.92 bits per heavy atom. The molecule has 2 bridgehead atoms. The summed E-state index contributed by atoms with van der Waals surface area (Å²) in [5.74, 6) is 0.806. The maximum atomic E-state index is 11.8. The van der Waals surface area contributed by atoms with Crippen molar-refractivity contribution in [2.45, 2.75) is 51.0 Å². The number of hydrogen-bond donors (Lipinski definition) is 0. The van der Waals surface area contributed by atoms with E-state index in [9.17, 15) is 4.79 Å². The molecule has 4 fully saturated rings. The van der Waals surface area contributed by atoms with E-state index in [0.29, 0.717) is 5.92 Å². The molecule has 2 aliphatic heterocycles. The first-order valence-corrected chi connectivity index (χ1v) is 5.52. The second-order valence-corrected chi connectivity index (χ2v) is 4.90. The third-order valence-electron chi connectivity index (χ3n) is 4.35. The lowest BCUT2D eigenvalue weighted by atomic mass is 9.57. The molecule has 2 saturated heterocycles. The highest BCUT2D eigenvalue weighted by Gasteiger charge is 2.55. The summed E-state index contributed by atoms with van der Waals surface area (Å²) in [5, 5.41) is 0. The van der Waals surface area contributed by atoms with Crippen LogP contribution in [-0.4, -0.2) is 12.1 Å². The van der Waals surface area contributed by atoms with Crippen molar-refractivity contribution in [2.24, 2.45) is 11.3 Å². The lowest BCUT2D eigenvalue weighted by molar-refractivity contribution is -0.196. The number of ether oxygens (including phenoxy) is 1. The van der Waals surface area contributed by atoms with Gasteiger partial charge >= 0.3 is 5.97 Å². The Hall–Kier alpha value is -0.530. The normalized spacial score (nSPS) is 48.5. The van der Waals surface area contributed by atoms with Crippen LogP contribution in [0.2, 0.25) is 0 Å². The van der Waals surface area contributed by atoms with Crippen LogP contribution in [-0.2, 0) is 9.53 Å². The zero-order chi connectivity index (χ0) is 8.89. The van der Waals surface area contributed by atoms with Crippen molar-refractivity contribution < 1.29 is 9.53 Å². The Morgan fingerprint density at radius 1 is 1.23 bits per heavy atom. The molecule has 0 aromatic carbocycles. The van der Waals surface area contributed by atoms with Crippen molar-refractivity contribution >= 4 is 5.97 Å². The SMILES string of the molecule is O=C1OC2CCC13CCCCC3C2. The van der Waals surface area contributed by atoms with Crippen LogP contribution >= 0.6 is 0 Å². The van der Waals surface area contributed by atoms with E-state index in [0.717, 1.165) is 25.7 Å². The third kappa shape index (κ3) is 0.918. The molecular formula is C11H16O2. The van der Waals surface area contributed by atoms with Gasteiger partial charge in [0.1, 0.15) is 6.10 Å². The lowest BCUT2D eigenvalue weighted by Gasteiger charge is -2.52. The first kappa shape index (κ1) is 7.84. The highest BCUT2D eigenvalue weighted by Crippen LogP contribution is 2.55. The Balaban J connectivity index is 1.97. The summed E-state index contributed by atoms with van der Waals surface area (Å²) < 4.78 is 5.41. The minimum Gasteiger partial charge on any atom is -0.462 e. The molecule has 13 heavy (non-hydrogen) atoms. The van der Waals surface area contributed by atoms with Crippen LogP contribution in [0.25, 0.3) is 0 Å². The highest BCUT2D eigenvalue weighted by molar-refractivity contribution is 5.79. The Bertz CT molecular complexity index is 244. The fourth-order valence-electron chi connectivity index (χ4n) is 3.58. The van der Waals surface area contributed by atoms with Gasteiger partial charge in [0.2, 0.25) is 0 Å². The quantitative estimate of drug-likeness (QED) is 0.534. The van der Waals surface area contributed by atoms with Crippen LogP contribution in [0.1, 0.15) is 44.9 Å². The van der Waals surface area contributed by atoms with E-state index < -0.39 is 0 Å². The lowest BCUT2D eigenvalue weighted by Crippen LogP contribution is -2.53. The predicted molar refractivity (Wildman–Crippen MR) is 48.1 cm³/mol. The molecule has 2 aliphatic carbocycles. The van der Waals surface area contributed by atoms with E-state index >= 15 is 0 Å². The van der Waals surface area contributed by atoms with E-state index in [-0.39, 0.29) is 17.5 Å². The summed E-state index contributed by atoms with van der Waals surface area (Å²) in [6.07, 6.45) is 8.60. The van der Waals surface area contributed by atoms with Gasteiger partial charge in [-0.3, -0.25) is 4.79 Å². The first-order chi connectivity index (χ1) is 6.31. The fraction of sp³-hybridized carbons (Fsp3) is 0.909. The van der Waals surface area contributed by atoms with Gasteiger partial charge in [-0.25, -0.2) is 0 Å². The Labute approximate surface area is 78.6 Å². The van der Waals surface area contributed by atoms with E-state index in [4.69, 9.17) is 4.74 Å². The van der Waals surface area contributed by atoms with Gasteiger partial charge in [-0.1, -0.05) is 12.8 Å². The predicted octanol–water partition coefficient (Wildman–Crippen LogP) is 2.27. The van der Waals surface area contributed by atoms with E-state index in [1.807, 2.05) is 0 Å². The van der Waals surface area contributed by atoms with Crippen LogP contribution in [0.5, 0.6) is 0 Å². The molecule has 0 amide bonds. The van der Waals surface area contributed by atoms with Crippen molar-refractivity contribution in [3.05, 3.63) is 0 Å². The van der Waals surface area contributed by atoms with Crippen molar-refractivity contribution in [1.29, 1.82) is 0 Å². The first-order valence-electron chi connectivity index (χ1n) is 5.52. The molecule has 0 radical (unpaired) electrons. The average molecular weight is 180 g/mol. The van der Waals surface area contributed by atoms with Gasteiger partial charge in [-0.2, -0.15) is 0 Å². The zero-order valence-electron chi connectivity index (χ0n) is 7.92. The van der Waals surface area contributed by atoms with Gasteiger partial charge in [-0.05, 0) is 38.0 Å². The minimum absolute atomic E-state index is 0.0208. The van der Waals surface area contributed by atoms with Gasteiger partial charge in [0.05, 0.1) is 5.41 Å². The van der Waals surface area contributed by atoms with Crippen molar-refractivity contribution in [3.63, 3.8) is 0 Å². The molecule has 1 spiro atoms. The summed E-state index contributed by atoms with van der Waals surface area (Å²) in [7, 11) is 0. The number of fused-ring (bicyclic) bond motifs is 2. The maximum Gasteiger partial charge on any atom is 0.312 e. The van der Waals surface area contributed by atoms with E-state index in [1.54, 1.807) is 0 Å². The number of hydrogen-bond acceptors (Lipinski definition) is 2. The van der Waals surface area contributed by atoms with Crippen molar-refractivity contribution in [3.8, 4) is 0 Å². The van der Waals surface area contributed by atoms with Crippen LogP contribution in [0, 0.1) is 11.3 Å². The number of esters is 1. The summed E-state index contributed by atoms with van der Waals surface area (Å²) in [4.78, 5) is 11.8. The molecule has 0 aromatic heterocycles. The zero-order valence-corrected chi connectivity index (χ0v) is 7.92. The van der Waals surface area contributed by atoms with Gasteiger partial charge in [0.25, 0.3) is 0 Å². The molecule has 4 rings (SSSR count). The van der Waals surface area contributed by atoms with Crippen molar-refractivity contribution in [2.75, 3.05) is 0 Å². The smallest absolute Gasteiger partial charge is 0.312 e. The van der Waals surface area contributed by atoms with Gasteiger partial charge in [0.15, 0.2) is 0 Å². The summed E-state index contributed by atoms with van der Waals surface area (Å²) >= 11 is 0. The summed E-state index contributed by atoms with van der Waals surface area (Å²) in [6.45, 7) is 0. The Morgan fingerprint density at radius 2 is 2.15 bits per heavy atom. The molecule has 3 atom stereocenters. The van der Waals surface area contributed by atoms with Gasteiger partial charge in [0, 0.05) is 0 Å². The molecule has 2 saturated carbocycles. The third-order valence-corrected chi connectivity index (χ3v) is 4.35. The molecule has 3 unspecified atom stereocenters. The van der Waals surface area contributed by atoms with Crippen LogP contribution in [0.3, 0.4) is 0 Å². The molecule has 72 valence electrons. The molecule has 2 heterocycles. The Kier molecular flexibility index (Phi) is 1.50. The average Bonchev–Trinajstić information content (AvgIpc) is 2.17. The fourth-order valence-corrected chi connectivity index (χ4v) is 3.58. The maximum absolute atomic E-state index is 11.8. The topological polar surface area (TPSA) is 26.3 Å². The summed E-state index contributed by atoms with van der Waals surface area (Å²) in [5.41, 5.74) is -0.0208. The highest BCUT2D eigenvalue weighted by atomic mass is 16.5. The molecule has 2 heteroatoms. The number of carbonyl (C=O) groups excluding carboxylic acids is 1. The molecule has 0 aromatic rings. The number of rotatable bonds is 0. The van der Waals surface area contributed by atoms with Crippen molar-refractivity contribution in [1.82, 2.24) is 0 Å². The molecule has 4 aliphatic rings. The van der Waals surface area contributed by atoms with Gasteiger partial charge in [-0.15, -0.1) is 0 Å². The summed E-state index contributed by atoms with van der Waals surface area (Å²) in [6, 6.07) is 0. The molecular weight excluding hydrogens is 164 g/mol. The van der Waals surface area contributed by atoms with Gasteiger partial charge < -0.3 is 4.74 Å². The molecule has 0 N–H and O–H groups in total. The standard InChI is InChI=1S/C11H16O2/c12-10-11-5-2-1-3-8(11)7-9(13-10)4-6-11/h8-9H,1-7H2. The molecule has 2 nitrogen and oxygen atoms in total. The number of carbonyl (C=O) groups is 1. The van der Waals surface area contributed by atoms with Crippen LogP contribution in [0.15, 0.2) is 0 Å². The largest absolute Gasteiger partial charge is 0.462 e. The van der Waals surface area contributed by atoms with Crippen LogP contribution in [0.4, 0.5) is 0 Å². The van der Waals surface area contributed by atoms with Crippen LogP contribution < -0.4 is 0 Å². The monoisotopic (exact) mass is 180 g/mol. The minimum atomic E-state index is -0.0208. The second-order valence-electron chi connectivity index (χ2n) is 4.90. The van der Waals surface area contributed by atoms with E-state index in [2.05, 4.69) is 0 Å². The van der Waals surface area contributed by atoms with E-state index in [1.165, 1.54) is 19.3 Å². The second kappa shape index (κ2) is 2.49.